The average molecular weight is 247 g/mol. The molecular formula is C13H13NO4. The van der Waals surface area contributed by atoms with Crippen molar-refractivity contribution in [1.82, 2.24) is 4.98 Å². The molecular weight excluding hydrogens is 234 g/mol. The molecule has 1 heterocycles. The number of carbonyl (C=O) groups is 1. The van der Waals surface area contributed by atoms with E-state index < -0.39 is 5.97 Å². The first-order valence-corrected chi connectivity index (χ1v) is 5.59. The third-order valence-electron chi connectivity index (χ3n) is 2.60. The molecule has 0 unspecified atom stereocenters. The van der Waals surface area contributed by atoms with Crippen molar-refractivity contribution in [2.45, 2.75) is 20.0 Å². The Labute approximate surface area is 104 Å². The van der Waals surface area contributed by atoms with Crippen LogP contribution in [-0.4, -0.2) is 21.2 Å². The minimum Gasteiger partial charge on any atom is -0.476 e. The summed E-state index contributed by atoms with van der Waals surface area (Å²) in [6, 6.07) is 6.96. The summed E-state index contributed by atoms with van der Waals surface area (Å²) in [7, 11) is 0. The predicted octanol–water partition coefficient (Wildman–Crippen LogP) is 2.09. The van der Waals surface area contributed by atoms with Crippen LogP contribution < -0.4 is 0 Å². The molecule has 0 bridgehead atoms. The standard InChI is InChI=1S/C13H13NO4/c1-2-10-11(13(16)17)14-12(18-10)9-5-3-8(7-15)4-6-9/h3-6,15H,2,7H2,1H3,(H,16,17). The maximum atomic E-state index is 11.0. The molecule has 0 fully saturated rings. The van der Waals surface area contributed by atoms with Crippen molar-refractivity contribution in [3.63, 3.8) is 0 Å². The van der Waals surface area contributed by atoms with Crippen molar-refractivity contribution in [3.8, 4) is 11.5 Å². The van der Waals surface area contributed by atoms with Gasteiger partial charge in [-0.05, 0) is 17.7 Å². The molecule has 0 amide bonds. The Morgan fingerprint density at radius 2 is 2.00 bits per heavy atom. The van der Waals surface area contributed by atoms with Gasteiger partial charge in [0.15, 0.2) is 5.69 Å². The van der Waals surface area contributed by atoms with Gasteiger partial charge in [-0.1, -0.05) is 19.1 Å². The minimum absolute atomic E-state index is 0.0353. The fourth-order valence-corrected chi connectivity index (χ4v) is 1.63. The highest BCUT2D eigenvalue weighted by Crippen LogP contribution is 2.23. The van der Waals surface area contributed by atoms with Gasteiger partial charge in [-0.25, -0.2) is 9.78 Å². The molecule has 1 aromatic heterocycles. The summed E-state index contributed by atoms with van der Waals surface area (Å²) in [6.45, 7) is 1.78. The van der Waals surface area contributed by atoms with Crippen LogP contribution in [0.25, 0.3) is 11.5 Å². The second kappa shape index (κ2) is 5.01. The molecule has 0 aliphatic rings. The molecule has 1 aromatic carbocycles. The molecule has 18 heavy (non-hydrogen) atoms. The van der Waals surface area contributed by atoms with E-state index in [-0.39, 0.29) is 18.2 Å². The molecule has 2 aromatic rings. The quantitative estimate of drug-likeness (QED) is 0.864. The van der Waals surface area contributed by atoms with Gasteiger partial charge in [0.25, 0.3) is 0 Å². The van der Waals surface area contributed by atoms with Gasteiger partial charge in [-0.15, -0.1) is 0 Å². The van der Waals surface area contributed by atoms with Crippen LogP contribution in [-0.2, 0) is 13.0 Å². The van der Waals surface area contributed by atoms with E-state index in [2.05, 4.69) is 4.98 Å². The van der Waals surface area contributed by atoms with Crippen molar-refractivity contribution in [2.75, 3.05) is 0 Å². The number of aryl methyl sites for hydroxylation is 1. The zero-order valence-corrected chi connectivity index (χ0v) is 9.88. The highest BCUT2D eigenvalue weighted by atomic mass is 16.4. The van der Waals surface area contributed by atoms with Crippen LogP contribution in [0.15, 0.2) is 28.7 Å². The second-order valence-electron chi connectivity index (χ2n) is 3.80. The molecule has 94 valence electrons. The Morgan fingerprint density at radius 3 is 2.44 bits per heavy atom. The summed E-state index contributed by atoms with van der Waals surface area (Å²) in [4.78, 5) is 14.9. The van der Waals surface area contributed by atoms with E-state index >= 15 is 0 Å². The SMILES string of the molecule is CCc1oc(-c2ccc(CO)cc2)nc1C(=O)O. The Hall–Kier alpha value is -2.14. The monoisotopic (exact) mass is 247 g/mol. The van der Waals surface area contributed by atoms with Gasteiger partial charge in [0, 0.05) is 12.0 Å². The molecule has 0 saturated heterocycles. The van der Waals surface area contributed by atoms with E-state index in [9.17, 15) is 4.79 Å². The van der Waals surface area contributed by atoms with Gasteiger partial charge >= 0.3 is 5.97 Å². The Bertz CT molecular complexity index is 557. The van der Waals surface area contributed by atoms with Crippen LogP contribution in [0.4, 0.5) is 0 Å². The van der Waals surface area contributed by atoms with Crippen LogP contribution >= 0.6 is 0 Å². The number of aliphatic hydroxyl groups excluding tert-OH is 1. The van der Waals surface area contributed by atoms with Gasteiger partial charge in [-0.3, -0.25) is 0 Å². The molecule has 2 rings (SSSR count). The molecule has 0 radical (unpaired) electrons. The summed E-state index contributed by atoms with van der Waals surface area (Å²) < 4.78 is 5.43. The van der Waals surface area contributed by atoms with E-state index in [0.29, 0.717) is 17.7 Å². The van der Waals surface area contributed by atoms with Crippen LogP contribution in [0.3, 0.4) is 0 Å². The number of oxazole rings is 1. The fraction of sp³-hybridized carbons (Fsp3) is 0.231. The van der Waals surface area contributed by atoms with Crippen molar-refractivity contribution in [2.24, 2.45) is 0 Å². The summed E-state index contributed by atoms with van der Waals surface area (Å²) in [5.41, 5.74) is 1.42. The lowest BCUT2D eigenvalue weighted by atomic mass is 10.1. The number of aliphatic hydroxyl groups is 1. The summed E-state index contributed by atoms with van der Waals surface area (Å²) >= 11 is 0. The zero-order chi connectivity index (χ0) is 13.1. The van der Waals surface area contributed by atoms with E-state index in [0.717, 1.165) is 5.56 Å². The molecule has 0 atom stereocenters. The number of aromatic nitrogens is 1. The van der Waals surface area contributed by atoms with E-state index in [1.165, 1.54) is 0 Å². The lowest BCUT2D eigenvalue weighted by molar-refractivity contribution is 0.0689. The number of nitrogens with zero attached hydrogens (tertiary/aromatic N) is 1. The largest absolute Gasteiger partial charge is 0.476 e. The van der Waals surface area contributed by atoms with Crippen molar-refractivity contribution in [3.05, 3.63) is 41.3 Å². The Kier molecular flexibility index (Phi) is 3.43. The first kappa shape index (κ1) is 12.3. The normalized spacial score (nSPS) is 10.6. The maximum absolute atomic E-state index is 11.0. The number of aromatic carboxylic acids is 1. The topological polar surface area (TPSA) is 83.6 Å². The van der Waals surface area contributed by atoms with Crippen molar-refractivity contribution >= 4 is 5.97 Å². The molecule has 0 saturated carbocycles. The predicted molar refractivity (Wildman–Crippen MR) is 64.2 cm³/mol. The summed E-state index contributed by atoms with van der Waals surface area (Å²) in [5.74, 6) is -0.439. The van der Waals surface area contributed by atoms with Gasteiger partial charge < -0.3 is 14.6 Å². The summed E-state index contributed by atoms with van der Waals surface area (Å²) in [5, 5.41) is 17.9. The van der Waals surface area contributed by atoms with Crippen LogP contribution in [0, 0.1) is 0 Å². The fourth-order valence-electron chi connectivity index (χ4n) is 1.63. The number of rotatable bonds is 4. The number of carboxylic acids is 1. The Morgan fingerprint density at radius 1 is 1.33 bits per heavy atom. The molecule has 0 aliphatic carbocycles. The van der Waals surface area contributed by atoms with Gasteiger partial charge in [-0.2, -0.15) is 0 Å². The number of benzene rings is 1. The number of hydrogen-bond acceptors (Lipinski definition) is 4. The molecule has 5 heteroatoms. The third-order valence-corrected chi connectivity index (χ3v) is 2.60. The van der Waals surface area contributed by atoms with E-state index in [4.69, 9.17) is 14.6 Å². The maximum Gasteiger partial charge on any atom is 0.358 e. The first-order chi connectivity index (χ1) is 8.65. The van der Waals surface area contributed by atoms with Crippen molar-refractivity contribution in [1.29, 1.82) is 0 Å². The van der Waals surface area contributed by atoms with Gasteiger partial charge in [0.05, 0.1) is 6.61 Å². The van der Waals surface area contributed by atoms with Crippen LogP contribution in [0.5, 0.6) is 0 Å². The summed E-state index contributed by atoms with van der Waals surface area (Å²) in [6.07, 6.45) is 0.476. The van der Waals surface area contributed by atoms with Crippen molar-refractivity contribution < 1.29 is 19.4 Å². The minimum atomic E-state index is -1.09. The average Bonchev–Trinajstić information content (AvgIpc) is 2.83. The number of hydrogen-bond donors (Lipinski definition) is 2. The first-order valence-electron chi connectivity index (χ1n) is 5.59. The number of carboxylic acid groups (broad SMARTS) is 1. The molecule has 0 aliphatic heterocycles. The van der Waals surface area contributed by atoms with Crippen LogP contribution in [0.2, 0.25) is 0 Å². The lowest BCUT2D eigenvalue weighted by Crippen LogP contribution is -2.00. The lowest BCUT2D eigenvalue weighted by Gasteiger charge is -1.97. The second-order valence-corrected chi connectivity index (χ2v) is 3.80. The van der Waals surface area contributed by atoms with E-state index in [1.54, 1.807) is 24.3 Å². The molecule has 2 N–H and O–H groups in total. The third kappa shape index (κ3) is 2.26. The highest BCUT2D eigenvalue weighted by Gasteiger charge is 2.18. The molecule has 5 nitrogen and oxygen atoms in total. The van der Waals surface area contributed by atoms with Crippen LogP contribution in [0.1, 0.15) is 28.7 Å². The molecule has 0 spiro atoms. The smallest absolute Gasteiger partial charge is 0.358 e. The highest BCUT2D eigenvalue weighted by molar-refractivity contribution is 5.87. The van der Waals surface area contributed by atoms with Gasteiger partial charge in [0.1, 0.15) is 5.76 Å². The van der Waals surface area contributed by atoms with Gasteiger partial charge in [0.2, 0.25) is 5.89 Å². The van der Waals surface area contributed by atoms with E-state index in [1.807, 2.05) is 6.92 Å². The Balaban J connectivity index is 2.40. The zero-order valence-electron chi connectivity index (χ0n) is 9.88.